The number of carbonyl (C=O) groups is 2. The lowest BCUT2D eigenvalue weighted by atomic mass is 10.0. The van der Waals surface area contributed by atoms with Crippen LogP contribution in [0.1, 0.15) is 37.0 Å². The molecule has 0 saturated carbocycles. The molecule has 152 valence electrons. The molecule has 2 N–H and O–H groups in total. The third kappa shape index (κ3) is 5.67. The highest BCUT2D eigenvalue weighted by molar-refractivity contribution is 6.04. The number of aryl methyl sites for hydroxylation is 1. The van der Waals surface area contributed by atoms with Crippen LogP contribution >= 0.6 is 0 Å². The van der Waals surface area contributed by atoms with Gasteiger partial charge in [0.25, 0.3) is 5.91 Å². The lowest BCUT2D eigenvalue weighted by Crippen LogP contribution is -2.52. The SMILES string of the molecule is Cc1ccc(C2=NO[C@@H](C(=O)N[C@H](Cc3ccccc3)C(=O)NC(C)C)C2)cc1. The van der Waals surface area contributed by atoms with E-state index in [-0.39, 0.29) is 17.9 Å². The van der Waals surface area contributed by atoms with E-state index >= 15 is 0 Å². The van der Waals surface area contributed by atoms with Crippen molar-refractivity contribution in [1.29, 1.82) is 0 Å². The van der Waals surface area contributed by atoms with Gasteiger partial charge in [-0.25, -0.2) is 0 Å². The van der Waals surface area contributed by atoms with Crippen molar-refractivity contribution in [2.75, 3.05) is 0 Å². The Morgan fingerprint density at radius 1 is 1.07 bits per heavy atom. The first-order valence-corrected chi connectivity index (χ1v) is 9.87. The summed E-state index contributed by atoms with van der Waals surface area (Å²) in [5.41, 5.74) is 3.80. The first kappa shape index (κ1) is 20.6. The Morgan fingerprint density at radius 3 is 2.41 bits per heavy atom. The summed E-state index contributed by atoms with van der Waals surface area (Å²) < 4.78 is 0. The fourth-order valence-corrected chi connectivity index (χ4v) is 3.14. The predicted octanol–water partition coefficient (Wildman–Crippen LogP) is 2.74. The molecule has 0 aromatic heterocycles. The molecule has 1 aliphatic rings. The molecule has 1 aliphatic heterocycles. The summed E-state index contributed by atoms with van der Waals surface area (Å²) >= 11 is 0. The van der Waals surface area contributed by atoms with Crippen LogP contribution in [0.25, 0.3) is 0 Å². The number of hydrogen-bond acceptors (Lipinski definition) is 4. The van der Waals surface area contributed by atoms with Crippen molar-refractivity contribution in [3.8, 4) is 0 Å². The smallest absolute Gasteiger partial charge is 0.265 e. The summed E-state index contributed by atoms with van der Waals surface area (Å²) in [6.45, 7) is 5.80. The number of rotatable bonds is 7. The molecule has 0 aliphatic carbocycles. The monoisotopic (exact) mass is 393 g/mol. The maximum atomic E-state index is 12.8. The molecule has 0 saturated heterocycles. The second kappa shape index (κ2) is 9.37. The topological polar surface area (TPSA) is 79.8 Å². The summed E-state index contributed by atoms with van der Waals surface area (Å²) in [5, 5.41) is 9.80. The molecule has 2 atom stereocenters. The van der Waals surface area contributed by atoms with Gasteiger partial charge in [0.1, 0.15) is 6.04 Å². The van der Waals surface area contributed by atoms with Crippen LogP contribution in [0.3, 0.4) is 0 Å². The Morgan fingerprint density at radius 2 is 1.76 bits per heavy atom. The lowest BCUT2D eigenvalue weighted by molar-refractivity contribution is -0.135. The third-order valence-electron chi connectivity index (χ3n) is 4.69. The summed E-state index contributed by atoms with van der Waals surface area (Å²) in [5.74, 6) is -0.550. The minimum Gasteiger partial charge on any atom is -0.382 e. The van der Waals surface area contributed by atoms with Crippen molar-refractivity contribution in [3.05, 3.63) is 71.3 Å². The van der Waals surface area contributed by atoms with Gasteiger partial charge in [-0.3, -0.25) is 9.59 Å². The molecule has 2 amide bonds. The van der Waals surface area contributed by atoms with Crippen LogP contribution in [0, 0.1) is 6.92 Å². The van der Waals surface area contributed by atoms with Gasteiger partial charge in [-0.15, -0.1) is 0 Å². The molecule has 6 heteroatoms. The molecule has 1 heterocycles. The molecule has 3 rings (SSSR count). The third-order valence-corrected chi connectivity index (χ3v) is 4.69. The lowest BCUT2D eigenvalue weighted by Gasteiger charge is -2.21. The van der Waals surface area contributed by atoms with Gasteiger partial charge < -0.3 is 15.5 Å². The van der Waals surface area contributed by atoms with Crippen LogP contribution in [0.2, 0.25) is 0 Å². The predicted molar refractivity (Wildman–Crippen MR) is 113 cm³/mol. The Labute approximate surface area is 171 Å². The highest BCUT2D eigenvalue weighted by atomic mass is 16.6. The van der Waals surface area contributed by atoms with E-state index in [0.717, 1.165) is 22.4 Å². The van der Waals surface area contributed by atoms with E-state index in [1.807, 2.05) is 75.4 Å². The molecule has 29 heavy (non-hydrogen) atoms. The minimum atomic E-state index is -0.739. The molecule has 0 unspecified atom stereocenters. The average molecular weight is 393 g/mol. The highest BCUT2D eigenvalue weighted by Gasteiger charge is 2.32. The fraction of sp³-hybridized carbons (Fsp3) is 0.348. The van der Waals surface area contributed by atoms with Crippen LogP contribution in [0.15, 0.2) is 59.8 Å². The molecule has 0 fully saturated rings. The number of hydrogen-bond donors (Lipinski definition) is 2. The first-order chi connectivity index (χ1) is 13.9. The molecule has 0 bridgehead atoms. The van der Waals surface area contributed by atoms with Gasteiger partial charge in [-0.1, -0.05) is 65.3 Å². The van der Waals surface area contributed by atoms with E-state index in [1.54, 1.807) is 0 Å². The number of amides is 2. The second-order valence-electron chi connectivity index (χ2n) is 7.62. The number of benzene rings is 2. The number of carbonyl (C=O) groups excluding carboxylic acids is 2. The number of nitrogens with zero attached hydrogens (tertiary/aromatic N) is 1. The summed E-state index contributed by atoms with van der Waals surface area (Å²) in [6, 6.07) is 16.8. The molecule has 0 radical (unpaired) electrons. The van der Waals surface area contributed by atoms with Gasteiger partial charge >= 0.3 is 0 Å². The van der Waals surface area contributed by atoms with E-state index in [1.165, 1.54) is 0 Å². The van der Waals surface area contributed by atoms with Crippen LogP contribution in [0.4, 0.5) is 0 Å². The maximum absolute atomic E-state index is 12.8. The zero-order valence-electron chi connectivity index (χ0n) is 17.0. The van der Waals surface area contributed by atoms with Crippen molar-refractivity contribution in [3.63, 3.8) is 0 Å². The van der Waals surface area contributed by atoms with E-state index in [2.05, 4.69) is 15.8 Å². The molecule has 0 spiro atoms. The molecule has 2 aromatic carbocycles. The summed E-state index contributed by atoms with van der Waals surface area (Å²) in [6.07, 6.45) is 0.0406. The molecular weight excluding hydrogens is 366 g/mol. The van der Waals surface area contributed by atoms with E-state index in [4.69, 9.17) is 4.84 Å². The minimum absolute atomic E-state index is 0.0168. The van der Waals surface area contributed by atoms with Gasteiger partial charge in [0.2, 0.25) is 12.0 Å². The maximum Gasteiger partial charge on any atom is 0.265 e. The van der Waals surface area contributed by atoms with Crippen LogP contribution in [-0.4, -0.2) is 35.7 Å². The first-order valence-electron chi connectivity index (χ1n) is 9.87. The van der Waals surface area contributed by atoms with Crippen molar-refractivity contribution < 1.29 is 14.4 Å². The van der Waals surface area contributed by atoms with Gasteiger partial charge in [-0.05, 0) is 31.9 Å². The van der Waals surface area contributed by atoms with Crippen molar-refractivity contribution >= 4 is 17.5 Å². The standard InChI is InChI=1S/C23H27N3O3/c1-15(2)24-22(27)20(13-17-7-5-4-6-8-17)25-23(28)21-14-19(26-29-21)18-11-9-16(3)10-12-18/h4-12,15,20-21H,13-14H2,1-3H3,(H,24,27)(H,25,28)/t20-,21-/m1/s1. The van der Waals surface area contributed by atoms with Crippen molar-refractivity contribution in [2.45, 2.75) is 51.8 Å². The molecular formula is C23H27N3O3. The Balaban J connectivity index is 1.65. The molecule has 6 nitrogen and oxygen atoms in total. The van der Waals surface area contributed by atoms with Gasteiger partial charge in [0, 0.05) is 18.9 Å². The van der Waals surface area contributed by atoms with Gasteiger partial charge in [0.05, 0.1) is 5.71 Å². The van der Waals surface area contributed by atoms with Gasteiger partial charge in [0.15, 0.2) is 0 Å². The largest absolute Gasteiger partial charge is 0.382 e. The van der Waals surface area contributed by atoms with Gasteiger partial charge in [-0.2, -0.15) is 0 Å². The number of nitrogens with one attached hydrogen (secondary N) is 2. The van der Waals surface area contributed by atoms with Crippen LogP contribution in [-0.2, 0) is 20.8 Å². The normalized spacial score (nSPS) is 16.7. The van der Waals surface area contributed by atoms with Crippen molar-refractivity contribution in [2.24, 2.45) is 5.16 Å². The Hall–Kier alpha value is -3.15. The van der Waals surface area contributed by atoms with Crippen LogP contribution < -0.4 is 10.6 Å². The van der Waals surface area contributed by atoms with E-state index < -0.39 is 12.1 Å². The summed E-state index contributed by atoms with van der Waals surface area (Å²) in [4.78, 5) is 30.8. The summed E-state index contributed by atoms with van der Waals surface area (Å²) in [7, 11) is 0. The van der Waals surface area contributed by atoms with E-state index in [0.29, 0.717) is 12.8 Å². The Bertz CT molecular complexity index is 876. The second-order valence-corrected chi connectivity index (χ2v) is 7.62. The quantitative estimate of drug-likeness (QED) is 0.759. The van der Waals surface area contributed by atoms with Crippen LogP contribution in [0.5, 0.6) is 0 Å². The van der Waals surface area contributed by atoms with Crippen molar-refractivity contribution in [1.82, 2.24) is 10.6 Å². The average Bonchev–Trinajstić information content (AvgIpc) is 3.18. The fourth-order valence-electron chi connectivity index (χ4n) is 3.14. The molecule has 2 aromatic rings. The Kier molecular flexibility index (Phi) is 6.65. The number of oxime groups is 1. The zero-order chi connectivity index (χ0) is 20.8. The van der Waals surface area contributed by atoms with E-state index in [9.17, 15) is 9.59 Å². The zero-order valence-corrected chi connectivity index (χ0v) is 17.0. The highest BCUT2D eigenvalue weighted by Crippen LogP contribution is 2.18.